The van der Waals surface area contributed by atoms with Gasteiger partial charge in [-0.15, -0.1) is 0 Å². The maximum absolute atomic E-state index is 13.1. The lowest BCUT2D eigenvalue weighted by Gasteiger charge is -2.21. The average Bonchev–Trinajstić information content (AvgIpc) is 3.35. The van der Waals surface area contributed by atoms with Crippen molar-refractivity contribution in [3.63, 3.8) is 0 Å². The molecule has 4 nitrogen and oxygen atoms in total. The Kier molecular flexibility index (Phi) is 5.93. The van der Waals surface area contributed by atoms with Crippen LogP contribution >= 0.6 is 0 Å². The summed E-state index contributed by atoms with van der Waals surface area (Å²) < 4.78 is 44.7. The summed E-state index contributed by atoms with van der Waals surface area (Å²) in [7, 11) is 0. The zero-order valence-corrected chi connectivity index (χ0v) is 14.2. The molecule has 2 rings (SSSR count). The molecule has 1 aromatic carbocycles. The van der Waals surface area contributed by atoms with Crippen molar-refractivity contribution in [2.24, 2.45) is 11.8 Å². The van der Waals surface area contributed by atoms with E-state index in [2.05, 4.69) is 5.32 Å². The van der Waals surface area contributed by atoms with Crippen LogP contribution in [0.3, 0.4) is 0 Å². The van der Waals surface area contributed by atoms with Crippen molar-refractivity contribution >= 4 is 5.91 Å². The van der Waals surface area contributed by atoms with Crippen molar-refractivity contribution in [1.82, 2.24) is 5.32 Å². The number of carbonyl (C=O) groups excluding carboxylic acids is 1. The predicted octanol–water partition coefficient (Wildman–Crippen LogP) is 3.90. The van der Waals surface area contributed by atoms with Crippen LogP contribution in [-0.4, -0.2) is 18.6 Å². The third-order valence-electron chi connectivity index (χ3n) is 3.94. The molecule has 0 aliphatic heterocycles. The fraction of sp³-hybridized carbons (Fsp3) is 0.556. The standard InChI is InChI=1S/C18H21F3N2O2/c1-11(2)7-16(17(24)23-10-12-3-4-12)25-14-6-5-13(9-22)15(8-14)18(19,20)21/h5-6,8,11-12,16H,3-4,7,10H2,1-2H3,(H,23,24). The van der Waals surface area contributed by atoms with Gasteiger partial charge < -0.3 is 10.1 Å². The number of alkyl halides is 3. The van der Waals surface area contributed by atoms with E-state index in [1.165, 1.54) is 12.1 Å². The lowest BCUT2D eigenvalue weighted by molar-refractivity contribution is -0.137. The molecule has 1 atom stereocenters. The smallest absolute Gasteiger partial charge is 0.417 e. The van der Waals surface area contributed by atoms with Gasteiger partial charge in [0.2, 0.25) is 0 Å². The molecule has 0 bridgehead atoms. The van der Waals surface area contributed by atoms with Crippen LogP contribution in [0.1, 0.15) is 44.2 Å². The Morgan fingerprint density at radius 1 is 1.40 bits per heavy atom. The molecule has 1 unspecified atom stereocenters. The number of carbonyl (C=O) groups is 1. The summed E-state index contributed by atoms with van der Waals surface area (Å²) >= 11 is 0. The highest BCUT2D eigenvalue weighted by Crippen LogP contribution is 2.34. The lowest BCUT2D eigenvalue weighted by atomic mass is 10.0. The number of halogens is 3. The van der Waals surface area contributed by atoms with Gasteiger partial charge in [-0.3, -0.25) is 4.79 Å². The first-order valence-corrected chi connectivity index (χ1v) is 8.26. The highest BCUT2D eigenvalue weighted by molar-refractivity contribution is 5.81. The number of rotatable bonds is 7. The fourth-order valence-corrected chi connectivity index (χ4v) is 2.41. The second kappa shape index (κ2) is 7.77. The van der Waals surface area contributed by atoms with E-state index in [4.69, 9.17) is 10.00 Å². The van der Waals surface area contributed by atoms with Crippen molar-refractivity contribution in [3.05, 3.63) is 29.3 Å². The van der Waals surface area contributed by atoms with Crippen LogP contribution in [0.4, 0.5) is 13.2 Å². The molecule has 25 heavy (non-hydrogen) atoms. The molecule has 1 aromatic rings. The van der Waals surface area contributed by atoms with Crippen LogP contribution in [-0.2, 0) is 11.0 Å². The van der Waals surface area contributed by atoms with E-state index in [0.29, 0.717) is 18.9 Å². The third-order valence-corrected chi connectivity index (χ3v) is 3.94. The fourth-order valence-electron chi connectivity index (χ4n) is 2.41. The Morgan fingerprint density at radius 2 is 2.08 bits per heavy atom. The third kappa shape index (κ3) is 5.66. The van der Waals surface area contributed by atoms with Crippen LogP contribution in [0.5, 0.6) is 5.75 Å². The molecular formula is C18H21F3N2O2. The van der Waals surface area contributed by atoms with Gasteiger partial charge in [0, 0.05) is 6.54 Å². The number of hydrogen-bond acceptors (Lipinski definition) is 3. The summed E-state index contributed by atoms with van der Waals surface area (Å²) in [6.45, 7) is 4.38. The molecule has 1 amide bonds. The minimum absolute atomic E-state index is 0.0708. The second-order valence-electron chi connectivity index (χ2n) is 6.74. The van der Waals surface area contributed by atoms with Gasteiger partial charge in [0.05, 0.1) is 17.2 Å². The maximum atomic E-state index is 13.1. The topological polar surface area (TPSA) is 62.1 Å². The zero-order chi connectivity index (χ0) is 18.6. The predicted molar refractivity (Wildman–Crippen MR) is 85.8 cm³/mol. The Morgan fingerprint density at radius 3 is 2.60 bits per heavy atom. The second-order valence-corrected chi connectivity index (χ2v) is 6.74. The minimum atomic E-state index is -4.66. The molecular weight excluding hydrogens is 333 g/mol. The van der Waals surface area contributed by atoms with E-state index < -0.39 is 23.4 Å². The van der Waals surface area contributed by atoms with Crippen LogP contribution < -0.4 is 10.1 Å². The molecule has 1 aliphatic rings. The largest absolute Gasteiger partial charge is 0.481 e. The van der Waals surface area contributed by atoms with E-state index in [9.17, 15) is 18.0 Å². The summed E-state index contributed by atoms with van der Waals surface area (Å²) in [5.74, 6) is 0.240. The SMILES string of the molecule is CC(C)CC(Oc1ccc(C#N)c(C(F)(F)F)c1)C(=O)NCC1CC1. The maximum Gasteiger partial charge on any atom is 0.417 e. The number of amides is 1. The summed E-state index contributed by atoms with van der Waals surface area (Å²) in [5.41, 5.74) is -1.53. The number of benzene rings is 1. The summed E-state index contributed by atoms with van der Waals surface area (Å²) in [6.07, 6.45) is -2.97. The van der Waals surface area contributed by atoms with E-state index in [1.54, 1.807) is 0 Å². The minimum Gasteiger partial charge on any atom is -0.481 e. The van der Waals surface area contributed by atoms with Crippen LogP contribution in [0.25, 0.3) is 0 Å². The van der Waals surface area contributed by atoms with Crippen LogP contribution in [0.2, 0.25) is 0 Å². The van der Waals surface area contributed by atoms with E-state index in [1.807, 2.05) is 13.8 Å². The normalized spacial score (nSPS) is 15.6. The zero-order valence-electron chi connectivity index (χ0n) is 14.2. The van der Waals surface area contributed by atoms with Crippen LogP contribution in [0, 0.1) is 23.2 Å². The molecule has 1 saturated carbocycles. The number of hydrogen-bond donors (Lipinski definition) is 1. The molecule has 0 radical (unpaired) electrons. The monoisotopic (exact) mass is 354 g/mol. The Balaban J connectivity index is 2.16. The van der Waals surface area contributed by atoms with Gasteiger partial charge in [-0.05, 0) is 49.3 Å². The molecule has 0 saturated heterocycles. The Bertz CT molecular complexity index is 661. The first-order valence-electron chi connectivity index (χ1n) is 8.26. The Hall–Kier alpha value is -2.23. The van der Waals surface area contributed by atoms with E-state index in [0.717, 1.165) is 25.0 Å². The van der Waals surface area contributed by atoms with Crippen molar-refractivity contribution in [1.29, 1.82) is 5.26 Å². The van der Waals surface area contributed by atoms with Crippen molar-refractivity contribution in [3.8, 4) is 11.8 Å². The first-order chi connectivity index (χ1) is 11.7. The molecule has 1 fully saturated rings. The van der Waals surface area contributed by atoms with Crippen molar-refractivity contribution < 1.29 is 22.7 Å². The first kappa shape index (κ1) is 19.1. The van der Waals surface area contributed by atoms with Gasteiger partial charge in [0.15, 0.2) is 6.10 Å². The molecule has 0 aromatic heterocycles. The summed E-state index contributed by atoms with van der Waals surface area (Å²) in [4.78, 5) is 12.3. The van der Waals surface area contributed by atoms with Gasteiger partial charge in [0.1, 0.15) is 5.75 Å². The molecule has 136 valence electrons. The number of ether oxygens (including phenoxy) is 1. The summed E-state index contributed by atoms with van der Waals surface area (Å²) in [6, 6.07) is 4.65. The number of nitrogens with one attached hydrogen (secondary N) is 1. The number of nitrogens with zero attached hydrogens (tertiary/aromatic N) is 1. The van der Waals surface area contributed by atoms with Gasteiger partial charge in [-0.2, -0.15) is 18.4 Å². The van der Waals surface area contributed by atoms with Crippen molar-refractivity contribution in [2.75, 3.05) is 6.54 Å². The van der Waals surface area contributed by atoms with E-state index in [-0.39, 0.29) is 17.6 Å². The molecule has 0 spiro atoms. The highest BCUT2D eigenvalue weighted by Gasteiger charge is 2.34. The van der Waals surface area contributed by atoms with Crippen molar-refractivity contribution in [2.45, 2.75) is 45.4 Å². The van der Waals surface area contributed by atoms with Crippen LogP contribution in [0.15, 0.2) is 18.2 Å². The highest BCUT2D eigenvalue weighted by atomic mass is 19.4. The van der Waals surface area contributed by atoms with Gasteiger partial charge >= 0.3 is 6.18 Å². The molecule has 1 aliphatic carbocycles. The lowest BCUT2D eigenvalue weighted by Crippen LogP contribution is -2.40. The molecule has 0 heterocycles. The quantitative estimate of drug-likeness (QED) is 0.808. The van der Waals surface area contributed by atoms with Gasteiger partial charge in [-0.1, -0.05) is 13.8 Å². The average molecular weight is 354 g/mol. The van der Waals surface area contributed by atoms with Gasteiger partial charge in [-0.25, -0.2) is 0 Å². The molecule has 1 N–H and O–H groups in total. The van der Waals surface area contributed by atoms with E-state index >= 15 is 0 Å². The Labute approximate surface area is 145 Å². The summed E-state index contributed by atoms with van der Waals surface area (Å²) in [5, 5.41) is 11.6. The van der Waals surface area contributed by atoms with Gasteiger partial charge in [0.25, 0.3) is 5.91 Å². The number of nitriles is 1. The molecule has 7 heteroatoms.